The molecule has 124 valence electrons. The van der Waals surface area contributed by atoms with Crippen LogP contribution in [0.2, 0.25) is 0 Å². The van der Waals surface area contributed by atoms with Gasteiger partial charge in [-0.2, -0.15) is 0 Å². The molecule has 0 aliphatic carbocycles. The predicted molar refractivity (Wildman–Crippen MR) is 91.1 cm³/mol. The monoisotopic (exact) mass is 314 g/mol. The van der Waals surface area contributed by atoms with Gasteiger partial charge >= 0.3 is 5.97 Å². The van der Waals surface area contributed by atoms with Gasteiger partial charge in [-0.05, 0) is 25.3 Å². The number of esters is 1. The summed E-state index contributed by atoms with van der Waals surface area (Å²) in [5, 5.41) is 0. The molecule has 0 amide bonds. The molecule has 0 bridgehead atoms. The third kappa shape index (κ3) is 5.89. The molecule has 0 N–H and O–H groups in total. The number of aryl methyl sites for hydroxylation is 1. The lowest BCUT2D eigenvalue weighted by Crippen LogP contribution is -2.16. The van der Waals surface area contributed by atoms with Crippen LogP contribution in [0.15, 0.2) is 49.1 Å². The molecule has 2 rings (SSSR count). The van der Waals surface area contributed by atoms with Crippen molar-refractivity contribution < 1.29 is 9.53 Å². The van der Waals surface area contributed by atoms with E-state index in [9.17, 15) is 4.79 Å². The Hall–Kier alpha value is -2.10. The summed E-state index contributed by atoms with van der Waals surface area (Å²) >= 11 is 0. The Morgan fingerprint density at radius 3 is 2.65 bits per heavy atom. The molecular weight excluding hydrogens is 288 g/mol. The Bertz CT molecular complexity index is 552. The molecule has 4 nitrogen and oxygen atoms in total. The molecule has 0 radical (unpaired) electrons. The lowest BCUT2D eigenvalue weighted by Gasteiger charge is -2.16. The number of ether oxygens (including phenoxy) is 1. The average molecular weight is 314 g/mol. The van der Waals surface area contributed by atoms with Gasteiger partial charge in [0.1, 0.15) is 0 Å². The highest BCUT2D eigenvalue weighted by atomic mass is 16.5. The van der Waals surface area contributed by atoms with Crippen molar-refractivity contribution in [2.75, 3.05) is 6.61 Å². The van der Waals surface area contributed by atoms with E-state index in [1.54, 1.807) is 0 Å². The molecule has 0 spiro atoms. The largest absolute Gasteiger partial charge is 0.466 e. The van der Waals surface area contributed by atoms with Crippen molar-refractivity contribution >= 4 is 5.97 Å². The molecule has 1 aromatic heterocycles. The number of rotatable bonds is 10. The first-order chi connectivity index (χ1) is 11.3. The van der Waals surface area contributed by atoms with Crippen molar-refractivity contribution in [2.24, 2.45) is 0 Å². The highest BCUT2D eigenvalue weighted by Gasteiger charge is 2.21. The topological polar surface area (TPSA) is 44.1 Å². The third-order valence-electron chi connectivity index (χ3n) is 3.99. The van der Waals surface area contributed by atoms with Gasteiger partial charge in [0, 0.05) is 18.9 Å². The molecule has 23 heavy (non-hydrogen) atoms. The number of imidazole rings is 1. The standard InChI is InChI=1S/C19H26N2O2/c1-2-23-19(22)18(17-10-6-5-7-11-17)12-8-3-4-9-14-21-15-13-20-16-21/h5-7,10-11,13,15-16,18H,2-4,8-9,12,14H2,1H3. The van der Waals surface area contributed by atoms with Gasteiger partial charge in [-0.15, -0.1) is 0 Å². The highest BCUT2D eigenvalue weighted by molar-refractivity contribution is 5.78. The fraction of sp³-hybridized carbons (Fsp3) is 0.474. The van der Waals surface area contributed by atoms with Crippen LogP contribution in [0.1, 0.15) is 50.5 Å². The maximum Gasteiger partial charge on any atom is 0.313 e. The fourth-order valence-electron chi connectivity index (χ4n) is 2.76. The van der Waals surface area contributed by atoms with E-state index in [2.05, 4.69) is 9.55 Å². The molecule has 1 heterocycles. The highest BCUT2D eigenvalue weighted by Crippen LogP contribution is 2.24. The Balaban J connectivity index is 1.73. The summed E-state index contributed by atoms with van der Waals surface area (Å²) < 4.78 is 7.34. The zero-order valence-electron chi connectivity index (χ0n) is 13.9. The van der Waals surface area contributed by atoms with Gasteiger partial charge in [0.05, 0.1) is 18.9 Å². The van der Waals surface area contributed by atoms with E-state index >= 15 is 0 Å². The van der Waals surface area contributed by atoms with Crippen molar-refractivity contribution in [3.63, 3.8) is 0 Å². The van der Waals surface area contributed by atoms with Crippen LogP contribution in [-0.4, -0.2) is 22.1 Å². The van der Waals surface area contributed by atoms with Gasteiger partial charge in [-0.1, -0.05) is 49.6 Å². The van der Waals surface area contributed by atoms with Crippen LogP contribution < -0.4 is 0 Å². The van der Waals surface area contributed by atoms with Crippen molar-refractivity contribution in [2.45, 2.75) is 51.5 Å². The van der Waals surface area contributed by atoms with Crippen molar-refractivity contribution in [1.29, 1.82) is 0 Å². The van der Waals surface area contributed by atoms with E-state index in [0.717, 1.165) is 37.8 Å². The van der Waals surface area contributed by atoms with Gasteiger partial charge in [0.2, 0.25) is 0 Å². The summed E-state index contributed by atoms with van der Waals surface area (Å²) in [6.45, 7) is 3.31. The minimum Gasteiger partial charge on any atom is -0.466 e. The zero-order valence-corrected chi connectivity index (χ0v) is 13.9. The van der Waals surface area contributed by atoms with E-state index < -0.39 is 0 Å². The van der Waals surface area contributed by atoms with Crippen LogP contribution in [0, 0.1) is 0 Å². The number of unbranched alkanes of at least 4 members (excludes halogenated alkanes) is 3. The summed E-state index contributed by atoms with van der Waals surface area (Å²) in [5.41, 5.74) is 1.06. The first-order valence-electron chi connectivity index (χ1n) is 8.48. The number of nitrogens with zero attached hydrogens (tertiary/aromatic N) is 2. The summed E-state index contributed by atoms with van der Waals surface area (Å²) in [5.74, 6) is -0.234. The molecule has 0 aliphatic heterocycles. The van der Waals surface area contributed by atoms with Crippen molar-refractivity contribution in [1.82, 2.24) is 9.55 Å². The summed E-state index contributed by atoms with van der Waals surface area (Å²) in [6.07, 6.45) is 11.0. The smallest absolute Gasteiger partial charge is 0.313 e. The number of hydrogen-bond donors (Lipinski definition) is 0. The van der Waals surface area contributed by atoms with Gasteiger partial charge in [0.15, 0.2) is 0 Å². The summed E-state index contributed by atoms with van der Waals surface area (Å²) in [4.78, 5) is 16.2. The number of benzene rings is 1. The van der Waals surface area contributed by atoms with Crippen LogP contribution in [0.3, 0.4) is 0 Å². The second kappa shape index (κ2) is 9.82. The van der Waals surface area contributed by atoms with Gasteiger partial charge in [-0.3, -0.25) is 4.79 Å². The van der Waals surface area contributed by atoms with Crippen LogP contribution >= 0.6 is 0 Å². The Labute approximate surface area is 138 Å². The average Bonchev–Trinajstić information content (AvgIpc) is 3.08. The molecule has 2 aromatic rings. The Kier molecular flexibility index (Phi) is 7.37. The number of aromatic nitrogens is 2. The maximum absolute atomic E-state index is 12.2. The minimum absolute atomic E-state index is 0.0999. The number of hydrogen-bond acceptors (Lipinski definition) is 3. The number of carbonyl (C=O) groups is 1. The number of carbonyl (C=O) groups excluding carboxylic acids is 1. The van der Waals surface area contributed by atoms with Crippen molar-refractivity contribution in [3.8, 4) is 0 Å². The SMILES string of the molecule is CCOC(=O)C(CCCCCCn1ccnc1)c1ccccc1. The van der Waals surface area contributed by atoms with Crippen LogP contribution in [0.4, 0.5) is 0 Å². The van der Waals surface area contributed by atoms with E-state index in [1.807, 2.05) is 56.0 Å². The van der Waals surface area contributed by atoms with Gasteiger partial charge in [-0.25, -0.2) is 4.98 Å². The Morgan fingerprint density at radius 1 is 1.17 bits per heavy atom. The van der Waals surface area contributed by atoms with E-state index in [-0.39, 0.29) is 11.9 Å². The second-order valence-corrected chi connectivity index (χ2v) is 5.72. The minimum atomic E-state index is -0.134. The first kappa shape index (κ1) is 17.3. The van der Waals surface area contributed by atoms with Gasteiger partial charge in [0.25, 0.3) is 0 Å². The van der Waals surface area contributed by atoms with Crippen LogP contribution in [0.25, 0.3) is 0 Å². The molecule has 1 atom stereocenters. The fourth-order valence-corrected chi connectivity index (χ4v) is 2.76. The molecule has 1 aromatic carbocycles. The molecule has 0 fully saturated rings. The Morgan fingerprint density at radius 2 is 1.96 bits per heavy atom. The lowest BCUT2D eigenvalue weighted by molar-refractivity contribution is -0.145. The van der Waals surface area contributed by atoms with E-state index in [0.29, 0.717) is 6.61 Å². The molecule has 0 saturated carbocycles. The first-order valence-corrected chi connectivity index (χ1v) is 8.48. The molecular formula is C19H26N2O2. The normalized spacial score (nSPS) is 12.0. The summed E-state index contributed by atoms with van der Waals surface area (Å²) in [6, 6.07) is 9.96. The van der Waals surface area contributed by atoms with Crippen LogP contribution in [0.5, 0.6) is 0 Å². The zero-order chi connectivity index (χ0) is 16.3. The quantitative estimate of drug-likeness (QED) is 0.488. The summed E-state index contributed by atoms with van der Waals surface area (Å²) in [7, 11) is 0. The van der Waals surface area contributed by atoms with Crippen molar-refractivity contribution in [3.05, 3.63) is 54.6 Å². The van der Waals surface area contributed by atoms with E-state index in [1.165, 1.54) is 6.42 Å². The molecule has 4 heteroatoms. The molecule has 1 unspecified atom stereocenters. The maximum atomic E-state index is 12.2. The predicted octanol–water partition coefficient (Wildman–Crippen LogP) is 4.18. The molecule has 0 aliphatic rings. The van der Waals surface area contributed by atoms with Gasteiger partial charge < -0.3 is 9.30 Å². The molecule has 0 saturated heterocycles. The lowest BCUT2D eigenvalue weighted by atomic mass is 9.93. The van der Waals surface area contributed by atoms with E-state index in [4.69, 9.17) is 4.74 Å². The second-order valence-electron chi connectivity index (χ2n) is 5.72. The third-order valence-corrected chi connectivity index (χ3v) is 3.99. The van der Waals surface area contributed by atoms with Crippen LogP contribution in [-0.2, 0) is 16.1 Å².